The maximum Gasteiger partial charge on any atom is 0.306 e. The summed E-state index contributed by atoms with van der Waals surface area (Å²) < 4.78 is 10.4. The van der Waals surface area contributed by atoms with Crippen molar-refractivity contribution in [2.75, 3.05) is 13.2 Å². The van der Waals surface area contributed by atoms with E-state index in [2.05, 4.69) is 12.1 Å². The quantitative estimate of drug-likeness (QED) is 0.214. The molecular weight excluding hydrogens is 326 g/mol. The van der Waals surface area contributed by atoms with Crippen molar-refractivity contribution in [1.82, 2.24) is 0 Å². The molecule has 0 unspecified atom stereocenters. The second-order valence-corrected chi connectivity index (χ2v) is 6.60. The molecule has 0 aromatic carbocycles. The smallest absolute Gasteiger partial charge is 0.306 e. The molecule has 25 heavy (non-hydrogen) atoms. The number of carbonyl (C=O) groups excluding carboxylic acids is 1. The van der Waals surface area contributed by atoms with Gasteiger partial charge in [-0.2, -0.15) is 0 Å². The number of esters is 1. The molecule has 0 saturated carbocycles. The highest BCUT2D eigenvalue weighted by molar-refractivity contribution is 5.92. The highest BCUT2D eigenvalue weighted by Gasteiger charge is 2.39. The summed E-state index contributed by atoms with van der Waals surface area (Å²) in [6.45, 7) is 1.72. The Labute approximate surface area is 150 Å². The lowest BCUT2D eigenvalue weighted by molar-refractivity contribution is -0.161. The minimum Gasteiger partial charge on any atom is -0.453 e. The highest BCUT2D eigenvalue weighted by atomic mass is 16.6. The van der Waals surface area contributed by atoms with Crippen molar-refractivity contribution in [3.05, 3.63) is 0 Å². The van der Waals surface area contributed by atoms with Crippen molar-refractivity contribution in [2.45, 2.75) is 89.4 Å². The first-order valence-electron chi connectivity index (χ1n) is 9.44. The molecule has 0 aliphatic carbocycles. The highest BCUT2D eigenvalue weighted by Crippen LogP contribution is 2.18. The molecule has 1 fully saturated rings. The minimum absolute atomic E-state index is 0.0534. The van der Waals surface area contributed by atoms with Gasteiger partial charge in [0.15, 0.2) is 6.10 Å². The molecule has 0 aromatic rings. The normalized spacial score (nSPS) is 25.2. The maximum atomic E-state index is 11.9. The summed E-state index contributed by atoms with van der Waals surface area (Å²) in [5.41, 5.74) is 0.0534. The molecule has 1 saturated heterocycles. The largest absolute Gasteiger partial charge is 0.453 e. The van der Waals surface area contributed by atoms with Crippen molar-refractivity contribution >= 4 is 11.7 Å². The van der Waals surface area contributed by atoms with Gasteiger partial charge in [0, 0.05) is 6.42 Å². The van der Waals surface area contributed by atoms with E-state index in [1.54, 1.807) is 0 Å². The zero-order valence-corrected chi connectivity index (χ0v) is 15.2. The van der Waals surface area contributed by atoms with Crippen LogP contribution in [-0.2, 0) is 14.3 Å². The van der Waals surface area contributed by atoms with E-state index in [1.165, 1.54) is 38.5 Å². The third-order valence-corrected chi connectivity index (χ3v) is 4.52. The number of carbonyl (C=O) groups is 1. The molecule has 1 heterocycles. The van der Waals surface area contributed by atoms with E-state index in [0.29, 0.717) is 0 Å². The lowest BCUT2D eigenvalue weighted by atomic mass is 10.0. The minimum atomic E-state index is -1.24. The third kappa shape index (κ3) is 8.16. The first kappa shape index (κ1) is 21.9. The van der Waals surface area contributed by atoms with Gasteiger partial charge in [0.25, 0.3) is 0 Å². The van der Waals surface area contributed by atoms with E-state index in [-0.39, 0.29) is 18.7 Å². The van der Waals surface area contributed by atoms with Crippen LogP contribution in [0, 0.1) is 0 Å². The molecular formula is C18H33NO6. The van der Waals surface area contributed by atoms with Crippen LogP contribution in [0.25, 0.3) is 0 Å². The first-order chi connectivity index (χ1) is 12.1. The van der Waals surface area contributed by atoms with Gasteiger partial charge in [-0.1, -0.05) is 63.4 Å². The van der Waals surface area contributed by atoms with Gasteiger partial charge in [0.2, 0.25) is 0 Å². The standard InChI is InChI=1S/C18H33NO6/c1-2-3-4-5-6-7-8-9-10-11-16(21)25-18-14(19-23)13-24-15(12-20)17(18)22/h15,17-18,20,22-23H,2-13H2,1H3/b19-14-/t15-,17-,18-/m1/s1. The maximum absolute atomic E-state index is 11.9. The van der Waals surface area contributed by atoms with E-state index in [4.69, 9.17) is 19.8 Å². The topological polar surface area (TPSA) is 109 Å². The van der Waals surface area contributed by atoms with E-state index < -0.39 is 30.9 Å². The summed E-state index contributed by atoms with van der Waals surface area (Å²) >= 11 is 0. The molecule has 7 nitrogen and oxygen atoms in total. The number of oxime groups is 1. The van der Waals surface area contributed by atoms with Crippen LogP contribution in [0.4, 0.5) is 0 Å². The molecule has 0 spiro atoms. The number of rotatable bonds is 12. The summed E-state index contributed by atoms with van der Waals surface area (Å²) in [6, 6.07) is 0. The second-order valence-electron chi connectivity index (χ2n) is 6.60. The predicted molar refractivity (Wildman–Crippen MR) is 93.8 cm³/mol. The van der Waals surface area contributed by atoms with Crippen LogP contribution in [0.1, 0.15) is 71.1 Å². The monoisotopic (exact) mass is 359 g/mol. The number of aliphatic hydroxyl groups excluding tert-OH is 2. The van der Waals surface area contributed by atoms with Crippen molar-refractivity contribution in [3.63, 3.8) is 0 Å². The number of ether oxygens (including phenoxy) is 2. The second kappa shape index (κ2) is 13.1. The zero-order chi connectivity index (χ0) is 18.5. The van der Waals surface area contributed by atoms with Gasteiger partial charge in [0.1, 0.15) is 17.9 Å². The van der Waals surface area contributed by atoms with Gasteiger partial charge in [0.05, 0.1) is 13.2 Å². The number of hydrogen-bond acceptors (Lipinski definition) is 7. The van der Waals surface area contributed by atoms with E-state index in [9.17, 15) is 9.90 Å². The Morgan fingerprint density at radius 2 is 1.76 bits per heavy atom. The van der Waals surface area contributed by atoms with Gasteiger partial charge >= 0.3 is 5.97 Å². The molecule has 0 bridgehead atoms. The van der Waals surface area contributed by atoms with Crippen LogP contribution in [0.3, 0.4) is 0 Å². The van der Waals surface area contributed by atoms with Gasteiger partial charge in [-0.05, 0) is 6.42 Å². The average molecular weight is 359 g/mol. The van der Waals surface area contributed by atoms with Crippen LogP contribution in [0.15, 0.2) is 5.16 Å². The molecule has 1 rings (SSSR count). The number of unbranched alkanes of at least 4 members (excludes halogenated alkanes) is 8. The summed E-state index contributed by atoms with van der Waals surface area (Å²) in [5, 5.41) is 31.2. The molecule has 1 aliphatic heterocycles. The van der Waals surface area contributed by atoms with Crippen LogP contribution in [0.2, 0.25) is 0 Å². The number of nitrogens with zero attached hydrogens (tertiary/aromatic N) is 1. The lowest BCUT2D eigenvalue weighted by Gasteiger charge is -2.33. The SMILES string of the molecule is CCCCCCCCCCCC(=O)O[C@@H]1/C(=N\O)CO[C@H](CO)[C@H]1O. The fourth-order valence-electron chi connectivity index (χ4n) is 2.93. The van der Waals surface area contributed by atoms with Gasteiger partial charge in [-0.15, -0.1) is 0 Å². The van der Waals surface area contributed by atoms with E-state index in [0.717, 1.165) is 19.3 Å². The van der Waals surface area contributed by atoms with Crippen molar-refractivity contribution in [3.8, 4) is 0 Å². The van der Waals surface area contributed by atoms with Crippen molar-refractivity contribution in [2.24, 2.45) is 5.16 Å². The Hall–Kier alpha value is -1.18. The van der Waals surface area contributed by atoms with Crippen molar-refractivity contribution in [1.29, 1.82) is 0 Å². The summed E-state index contributed by atoms with van der Waals surface area (Å²) in [5.74, 6) is -0.438. The molecule has 3 N–H and O–H groups in total. The Bertz CT molecular complexity index is 401. The van der Waals surface area contributed by atoms with Gasteiger partial charge in [-0.25, -0.2) is 0 Å². The molecule has 3 atom stereocenters. The van der Waals surface area contributed by atoms with Crippen LogP contribution >= 0.6 is 0 Å². The van der Waals surface area contributed by atoms with Crippen LogP contribution < -0.4 is 0 Å². The number of aliphatic hydroxyl groups is 2. The van der Waals surface area contributed by atoms with Crippen LogP contribution in [-0.4, -0.2) is 58.6 Å². The average Bonchev–Trinajstić information content (AvgIpc) is 2.62. The molecule has 0 radical (unpaired) electrons. The summed E-state index contributed by atoms with van der Waals surface area (Å²) in [7, 11) is 0. The third-order valence-electron chi connectivity index (χ3n) is 4.52. The summed E-state index contributed by atoms with van der Waals surface area (Å²) in [4.78, 5) is 11.9. The fraction of sp³-hybridized carbons (Fsp3) is 0.889. The molecule has 0 amide bonds. The van der Waals surface area contributed by atoms with Crippen LogP contribution in [0.5, 0.6) is 0 Å². The zero-order valence-electron chi connectivity index (χ0n) is 15.2. The fourth-order valence-corrected chi connectivity index (χ4v) is 2.93. The summed E-state index contributed by atoms with van der Waals surface area (Å²) in [6.07, 6.45) is 7.52. The molecule has 1 aliphatic rings. The Morgan fingerprint density at radius 1 is 1.16 bits per heavy atom. The Morgan fingerprint density at radius 3 is 2.32 bits per heavy atom. The Balaban J connectivity index is 2.20. The lowest BCUT2D eigenvalue weighted by Crippen LogP contribution is -2.53. The van der Waals surface area contributed by atoms with Crippen molar-refractivity contribution < 1.29 is 29.7 Å². The molecule has 0 aromatic heterocycles. The van der Waals surface area contributed by atoms with E-state index in [1.807, 2.05) is 0 Å². The van der Waals surface area contributed by atoms with Gasteiger partial charge < -0.3 is 24.9 Å². The first-order valence-corrected chi connectivity index (χ1v) is 9.44. The molecule has 7 heteroatoms. The number of hydrogen-bond donors (Lipinski definition) is 3. The predicted octanol–water partition coefficient (Wildman–Crippen LogP) is 2.40. The molecule has 146 valence electrons. The van der Waals surface area contributed by atoms with Gasteiger partial charge in [-0.3, -0.25) is 4.79 Å². The Kier molecular flexibility index (Phi) is 11.4. The van der Waals surface area contributed by atoms with E-state index >= 15 is 0 Å².